The topological polar surface area (TPSA) is 95.3 Å². The molecule has 9 heteroatoms. The Hall–Kier alpha value is -3.82. The van der Waals surface area contributed by atoms with Crippen molar-refractivity contribution < 1.29 is 9.13 Å². The van der Waals surface area contributed by atoms with E-state index in [-0.39, 0.29) is 5.82 Å². The van der Waals surface area contributed by atoms with Crippen molar-refractivity contribution in [3.8, 4) is 0 Å². The summed E-state index contributed by atoms with van der Waals surface area (Å²) in [6.45, 7) is 2.32. The van der Waals surface area contributed by atoms with Crippen molar-refractivity contribution in [1.29, 1.82) is 0 Å². The van der Waals surface area contributed by atoms with E-state index in [2.05, 4.69) is 20.5 Å². The van der Waals surface area contributed by atoms with Crippen LogP contribution in [0, 0.1) is 5.82 Å². The summed E-state index contributed by atoms with van der Waals surface area (Å²) < 4.78 is 23.0. The van der Waals surface area contributed by atoms with Crippen LogP contribution in [-0.4, -0.2) is 37.5 Å². The standard InChI is InChI=1S/C25H26FN7O/c26-21-5-3-4-18(12-21)15-33-23-7-6-22(13-20(23)14-29-33)31-25-24-19(16-34-11-2-1-9-27)8-10-32(24)30-17-28-25/h3-8,10,12-14,17H,1-2,9,11,15-16,27H2,(H,28,30,31). The maximum absolute atomic E-state index is 13.5. The van der Waals surface area contributed by atoms with E-state index in [1.807, 2.05) is 47.4 Å². The zero-order chi connectivity index (χ0) is 23.3. The molecule has 0 bridgehead atoms. The lowest BCUT2D eigenvalue weighted by atomic mass is 10.2. The first kappa shape index (κ1) is 22.0. The van der Waals surface area contributed by atoms with Crippen LogP contribution in [0.5, 0.6) is 0 Å². The van der Waals surface area contributed by atoms with Crippen LogP contribution in [0.1, 0.15) is 24.0 Å². The molecular formula is C25H26FN7O. The van der Waals surface area contributed by atoms with Gasteiger partial charge in [0.1, 0.15) is 17.7 Å². The molecule has 0 aliphatic heterocycles. The summed E-state index contributed by atoms with van der Waals surface area (Å²) in [4.78, 5) is 4.47. The van der Waals surface area contributed by atoms with Gasteiger partial charge in [-0.25, -0.2) is 13.9 Å². The second-order valence-corrected chi connectivity index (χ2v) is 8.12. The third-order valence-electron chi connectivity index (χ3n) is 5.66. The van der Waals surface area contributed by atoms with Gasteiger partial charge in [-0.3, -0.25) is 4.68 Å². The molecule has 0 aliphatic rings. The van der Waals surface area contributed by atoms with Crippen molar-refractivity contribution in [1.82, 2.24) is 24.4 Å². The van der Waals surface area contributed by atoms with Gasteiger partial charge in [-0.1, -0.05) is 12.1 Å². The lowest BCUT2D eigenvalue weighted by Gasteiger charge is -2.10. The normalized spacial score (nSPS) is 11.5. The van der Waals surface area contributed by atoms with Crippen molar-refractivity contribution in [2.75, 3.05) is 18.5 Å². The third-order valence-corrected chi connectivity index (χ3v) is 5.66. The Morgan fingerprint density at radius 3 is 2.88 bits per heavy atom. The summed E-state index contributed by atoms with van der Waals surface area (Å²) in [5, 5.41) is 13.2. The Morgan fingerprint density at radius 1 is 1.06 bits per heavy atom. The summed E-state index contributed by atoms with van der Waals surface area (Å²) in [5.41, 5.74) is 10.2. The molecule has 0 saturated heterocycles. The van der Waals surface area contributed by atoms with E-state index >= 15 is 0 Å². The molecule has 5 aromatic rings. The molecule has 0 radical (unpaired) electrons. The second-order valence-electron chi connectivity index (χ2n) is 8.12. The maximum Gasteiger partial charge on any atom is 0.158 e. The van der Waals surface area contributed by atoms with Crippen LogP contribution in [-0.2, 0) is 17.9 Å². The van der Waals surface area contributed by atoms with Gasteiger partial charge in [0.2, 0.25) is 0 Å². The molecule has 8 nitrogen and oxygen atoms in total. The monoisotopic (exact) mass is 459 g/mol. The summed E-state index contributed by atoms with van der Waals surface area (Å²) >= 11 is 0. The minimum absolute atomic E-state index is 0.248. The van der Waals surface area contributed by atoms with Gasteiger partial charge >= 0.3 is 0 Å². The fourth-order valence-corrected chi connectivity index (χ4v) is 3.99. The number of anilines is 2. The Labute approximate surface area is 196 Å². The van der Waals surface area contributed by atoms with Gasteiger partial charge in [0, 0.05) is 29.4 Å². The number of hydrogen-bond acceptors (Lipinski definition) is 6. The first-order valence-corrected chi connectivity index (χ1v) is 11.3. The summed E-state index contributed by atoms with van der Waals surface area (Å²) in [5.74, 6) is 0.453. The van der Waals surface area contributed by atoms with E-state index in [0.29, 0.717) is 32.1 Å². The number of nitrogens with zero attached hydrogens (tertiary/aromatic N) is 5. The molecule has 0 saturated carbocycles. The number of nitrogens with one attached hydrogen (secondary N) is 1. The number of unbranched alkanes of at least 4 members (excludes halogenated alkanes) is 1. The molecule has 5 rings (SSSR count). The molecule has 34 heavy (non-hydrogen) atoms. The molecule has 174 valence electrons. The van der Waals surface area contributed by atoms with Crippen molar-refractivity contribution >= 4 is 27.9 Å². The molecule has 0 amide bonds. The predicted octanol–water partition coefficient (Wildman–Crippen LogP) is 4.27. The molecule has 0 unspecified atom stereocenters. The first-order chi connectivity index (χ1) is 16.7. The average molecular weight is 460 g/mol. The largest absolute Gasteiger partial charge is 0.377 e. The summed E-state index contributed by atoms with van der Waals surface area (Å²) in [7, 11) is 0. The average Bonchev–Trinajstić information content (AvgIpc) is 3.44. The Morgan fingerprint density at radius 2 is 2.00 bits per heavy atom. The highest BCUT2D eigenvalue weighted by molar-refractivity contribution is 5.85. The van der Waals surface area contributed by atoms with Crippen molar-refractivity contribution in [2.45, 2.75) is 26.0 Å². The minimum atomic E-state index is -0.248. The Kier molecular flexibility index (Phi) is 6.46. The molecule has 0 spiro atoms. The lowest BCUT2D eigenvalue weighted by molar-refractivity contribution is 0.118. The quantitative estimate of drug-likeness (QED) is 0.303. The smallest absolute Gasteiger partial charge is 0.158 e. The van der Waals surface area contributed by atoms with Gasteiger partial charge in [-0.2, -0.15) is 10.2 Å². The number of ether oxygens (including phenoxy) is 1. The zero-order valence-corrected chi connectivity index (χ0v) is 18.7. The predicted molar refractivity (Wildman–Crippen MR) is 129 cm³/mol. The van der Waals surface area contributed by atoms with Crippen molar-refractivity contribution in [2.24, 2.45) is 5.73 Å². The number of rotatable bonds is 10. The molecule has 0 atom stereocenters. The van der Waals surface area contributed by atoms with Gasteiger partial charge in [-0.15, -0.1) is 0 Å². The maximum atomic E-state index is 13.5. The molecule has 3 aromatic heterocycles. The van der Waals surface area contributed by atoms with E-state index in [9.17, 15) is 4.39 Å². The zero-order valence-electron chi connectivity index (χ0n) is 18.7. The van der Waals surface area contributed by atoms with E-state index in [0.717, 1.165) is 46.1 Å². The molecule has 3 N–H and O–H groups in total. The van der Waals surface area contributed by atoms with Gasteiger partial charge in [0.15, 0.2) is 5.82 Å². The minimum Gasteiger partial charge on any atom is -0.377 e. The highest BCUT2D eigenvalue weighted by atomic mass is 19.1. The van der Waals surface area contributed by atoms with Crippen LogP contribution in [0.2, 0.25) is 0 Å². The molecular weight excluding hydrogens is 433 g/mol. The summed E-state index contributed by atoms with van der Waals surface area (Å²) in [6, 6.07) is 14.6. The number of fused-ring (bicyclic) bond motifs is 2. The first-order valence-electron chi connectivity index (χ1n) is 11.3. The van der Waals surface area contributed by atoms with Crippen LogP contribution in [0.25, 0.3) is 16.4 Å². The number of halogens is 1. The van der Waals surface area contributed by atoms with Crippen LogP contribution < -0.4 is 11.1 Å². The Balaban J connectivity index is 1.35. The second kappa shape index (κ2) is 9.98. The van der Waals surface area contributed by atoms with Gasteiger partial charge in [0.25, 0.3) is 0 Å². The van der Waals surface area contributed by atoms with E-state index in [4.69, 9.17) is 10.5 Å². The fourth-order valence-electron chi connectivity index (χ4n) is 3.99. The number of aromatic nitrogens is 5. The van der Waals surface area contributed by atoms with Crippen LogP contribution >= 0.6 is 0 Å². The highest BCUT2D eigenvalue weighted by Crippen LogP contribution is 2.26. The third kappa shape index (κ3) is 4.75. The molecule has 0 aliphatic carbocycles. The molecule has 3 heterocycles. The number of hydrogen-bond donors (Lipinski definition) is 2. The number of benzene rings is 2. The van der Waals surface area contributed by atoms with Crippen LogP contribution in [0.15, 0.2) is 67.3 Å². The van der Waals surface area contributed by atoms with Gasteiger partial charge in [0.05, 0.1) is 24.9 Å². The molecule has 0 fully saturated rings. The van der Waals surface area contributed by atoms with Crippen LogP contribution in [0.3, 0.4) is 0 Å². The van der Waals surface area contributed by atoms with Crippen LogP contribution in [0.4, 0.5) is 15.9 Å². The SMILES string of the molecule is NCCCCOCc1ccn2ncnc(Nc3ccc4c(cnn4Cc4cccc(F)c4)c3)c12. The van der Waals surface area contributed by atoms with E-state index < -0.39 is 0 Å². The van der Waals surface area contributed by atoms with Crippen molar-refractivity contribution in [3.63, 3.8) is 0 Å². The van der Waals surface area contributed by atoms with Gasteiger partial charge in [-0.05, 0) is 61.3 Å². The highest BCUT2D eigenvalue weighted by Gasteiger charge is 2.12. The Bertz CT molecular complexity index is 1410. The van der Waals surface area contributed by atoms with E-state index in [1.165, 1.54) is 18.5 Å². The summed E-state index contributed by atoms with van der Waals surface area (Å²) in [6.07, 6.45) is 7.13. The lowest BCUT2D eigenvalue weighted by Crippen LogP contribution is -2.04. The number of nitrogens with two attached hydrogens (primary N) is 1. The van der Waals surface area contributed by atoms with E-state index in [1.54, 1.807) is 10.6 Å². The molecule has 2 aromatic carbocycles. The fraction of sp³-hybridized carbons (Fsp3) is 0.240. The van der Waals surface area contributed by atoms with Gasteiger partial charge < -0.3 is 15.8 Å². The van der Waals surface area contributed by atoms with Crippen molar-refractivity contribution in [3.05, 3.63) is 84.2 Å².